The molecule has 4 heteroatoms. The van der Waals surface area contributed by atoms with E-state index < -0.39 is 0 Å². The van der Waals surface area contributed by atoms with Crippen molar-refractivity contribution in [1.29, 1.82) is 0 Å². The first-order valence-corrected chi connectivity index (χ1v) is 6.88. The van der Waals surface area contributed by atoms with Gasteiger partial charge in [0.2, 0.25) is 0 Å². The molecular weight excluding hydrogens is 269 g/mol. The minimum Gasteiger partial charge on any atom is -0.497 e. The third kappa shape index (κ3) is 4.76. The second-order valence-corrected chi connectivity index (χ2v) is 4.85. The number of likely N-dealkylation sites (N-methyl/N-ethyl adjacent to an activating group) is 1. The van der Waals surface area contributed by atoms with E-state index in [4.69, 9.17) is 9.47 Å². The lowest BCUT2D eigenvalue weighted by molar-refractivity contribution is 0.231. The van der Waals surface area contributed by atoms with E-state index in [-0.39, 0.29) is 5.82 Å². The van der Waals surface area contributed by atoms with Crippen molar-refractivity contribution >= 4 is 0 Å². The summed E-state index contributed by atoms with van der Waals surface area (Å²) in [5.41, 5.74) is 0.699. The Morgan fingerprint density at radius 2 is 1.67 bits per heavy atom. The predicted molar refractivity (Wildman–Crippen MR) is 81.2 cm³/mol. The standard InChI is InChI=1S/C17H20FNO2/c1-19(13-14-5-3-4-6-17(14)18)11-12-21-16-9-7-15(20-2)8-10-16/h3-10H,11-13H2,1-2H3. The fraction of sp³-hybridized carbons (Fsp3) is 0.294. The van der Waals surface area contributed by atoms with Crippen LogP contribution in [0.15, 0.2) is 48.5 Å². The highest BCUT2D eigenvalue weighted by molar-refractivity contribution is 5.31. The van der Waals surface area contributed by atoms with Crippen LogP contribution < -0.4 is 9.47 Å². The van der Waals surface area contributed by atoms with Gasteiger partial charge in [-0.2, -0.15) is 0 Å². The van der Waals surface area contributed by atoms with Crippen LogP contribution in [-0.4, -0.2) is 32.2 Å². The molecule has 0 spiro atoms. The number of ether oxygens (including phenoxy) is 2. The van der Waals surface area contributed by atoms with E-state index in [2.05, 4.69) is 0 Å². The molecule has 0 fully saturated rings. The lowest BCUT2D eigenvalue weighted by Crippen LogP contribution is -2.24. The van der Waals surface area contributed by atoms with E-state index in [9.17, 15) is 4.39 Å². The van der Waals surface area contributed by atoms with Gasteiger partial charge in [0.25, 0.3) is 0 Å². The van der Waals surface area contributed by atoms with Gasteiger partial charge < -0.3 is 9.47 Å². The topological polar surface area (TPSA) is 21.7 Å². The molecule has 0 aliphatic heterocycles. The molecule has 0 unspecified atom stereocenters. The maximum atomic E-state index is 13.5. The Morgan fingerprint density at radius 3 is 2.33 bits per heavy atom. The zero-order valence-electron chi connectivity index (χ0n) is 12.4. The van der Waals surface area contributed by atoms with Crippen molar-refractivity contribution in [1.82, 2.24) is 4.90 Å². The van der Waals surface area contributed by atoms with Crippen LogP contribution in [0.4, 0.5) is 4.39 Å². The van der Waals surface area contributed by atoms with Gasteiger partial charge in [-0.05, 0) is 37.4 Å². The van der Waals surface area contributed by atoms with Gasteiger partial charge in [0, 0.05) is 18.7 Å². The molecule has 2 rings (SSSR count). The summed E-state index contributed by atoms with van der Waals surface area (Å²) in [5, 5.41) is 0. The quantitative estimate of drug-likeness (QED) is 0.780. The molecule has 0 heterocycles. The van der Waals surface area contributed by atoms with Crippen LogP contribution in [0.2, 0.25) is 0 Å². The highest BCUT2D eigenvalue weighted by Gasteiger charge is 2.05. The van der Waals surface area contributed by atoms with Gasteiger partial charge in [-0.15, -0.1) is 0 Å². The first-order valence-electron chi connectivity index (χ1n) is 6.88. The summed E-state index contributed by atoms with van der Waals surface area (Å²) in [6.45, 7) is 1.84. The number of benzene rings is 2. The first-order chi connectivity index (χ1) is 10.2. The van der Waals surface area contributed by atoms with Gasteiger partial charge in [0.15, 0.2) is 0 Å². The Hall–Kier alpha value is -2.07. The molecule has 2 aromatic rings. The summed E-state index contributed by atoms with van der Waals surface area (Å²) < 4.78 is 24.3. The summed E-state index contributed by atoms with van der Waals surface area (Å²) in [6, 6.07) is 14.3. The van der Waals surface area contributed by atoms with Crippen molar-refractivity contribution in [3.05, 3.63) is 59.9 Å². The zero-order valence-corrected chi connectivity index (χ0v) is 12.4. The molecule has 0 radical (unpaired) electrons. The van der Waals surface area contributed by atoms with Crippen LogP contribution in [0.25, 0.3) is 0 Å². The van der Waals surface area contributed by atoms with E-state index in [1.807, 2.05) is 42.3 Å². The predicted octanol–water partition coefficient (Wildman–Crippen LogP) is 3.35. The minimum atomic E-state index is -0.166. The van der Waals surface area contributed by atoms with E-state index in [0.717, 1.165) is 18.0 Å². The second kappa shape index (κ2) is 7.64. The molecule has 112 valence electrons. The lowest BCUT2D eigenvalue weighted by atomic mass is 10.2. The average Bonchev–Trinajstić information content (AvgIpc) is 2.50. The summed E-state index contributed by atoms with van der Waals surface area (Å²) in [5.74, 6) is 1.44. The summed E-state index contributed by atoms with van der Waals surface area (Å²) in [6.07, 6.45) is 0. The molecule has 0 N–H and O–H groups in total. The normalized spacial score (nSPS) is 10.7. The molecule has 2 aromatic carbocycles. The van der Waals surface area contributed by atoms with Gasteiger partial charge in [-0.1, -0.05) is 18.2 Å². The molecule has 21 heavy (non-hydrogen) atoms. The van der Waals surface area contributed by atoms with Crippen molar-refractivity contribution in [2.45, 2.75) is 6.54 Å². The van der Waals surface area contributed by atoms with Crippen LogP contribution >= 0.6 is 0 Å². The maximum absolute atomic E-state index is 13.5. The van der Waals surface area contributed by atoms with Crippen molar-refractivity contribution in [2.75, 3.05) is 27.3 Å². The monoisotopic (exact) mass is 289 g/mol. The van der Waals surface area contributed by atoms with Crippen LogP contribution in [0.5, 0.6) is 11.5 Å². The zero-order chi connectivity index (χ0) is 15.1. The Morgan fingerprint density at radius 1 is 1.00 bits per heavy atom. The fourth-order valence-corrected chi connectivity index (χ4v) is 1.99. The second-order valence-electron chi connectivity index (χ2n) is 4.85. The van der Waals surface area contributed by atoms with Crippen LogP contribution in [0.1, 0.15) is 5.56 Å². The number of methoxy groups -OCH3 is 1. The van der Waals surface area contributed by atoms with Gasteiger partial charge >= 0.3 is 0 Å². The maximum Gasteiger partial charge on any atom is 0.127 e. The Bertz CT molecular complexity index is 557. The molecule has 0 aromatic heterocycles. The molecular formula is C17H20FNO2. The highest BCUT2D eigenvalue weighted by atomic mass is 19.1. The molecule has 0 aliphatic rings. The Labute approximate surface area is 124 Å². The minimum absolute atomic E-state index is 0.166. The van der Waals surface area contributed by atoms with E-state index in [1.54, 1.807) is 19.2 Å². The van der Waals surface area contributed by atoms with Gasteiger partial charge in [0.1, 0.15) is 23.9 Å². The summed E-state index contributed by atoms with van der Waals surface area (Å²) >= 11 is 0. The number of halogens is 1. The van der Waals surface area contributed by atoms with Crippen LogP contribution in [0, 0.1) is 5.82 Å². The Balaban J connectivity index is 1.76. The van der Waals surface area contributed by atoms with Crippen LogP contribution in [-0.2, 0) is 6.54 Å². The smallest absolute Gasteiger partial charge is 0.127 e. The molecule has 0 aliphatic carbocycles. The third-order valence-electron chi connectivity index (χ3n) is 3.20. The van der Waals surface area contributed by atoms with Crippen molar-refractivity contribution in [3.63, 3.8) is 0 Å². The van der Waals surface area contributed by atoms with E-state index >= 15 is 0 Å². The average molecular weight is 289 g/mol. The van der Waals surface area contributed by atoms with Gasteiger partial charge in [-0.25, -0.2) is 4.39 Å². The van der Waals surface area contributed by atoms with Crippen LogP contribution in [0.3, 0.4) is 0 Å². The summed E-state index contributed by atoms with van der Waals surface area (Å²) in [7, 11) is 3.58. The highest BCUT2D eigenvalue weighted by Crippen LogP contribution is 2.17. The van der Waals surface area contributed by atoms with E-state index in [0.29, 0.717) is 18.7 Å². The van der Waals surface area contributed by atoms with Crippen molar-refractivity contribution in [2.24, 2.45) is 0 Å². The number of rotatable bonds is 7. The van der Waals surface area contributed by atoms with E-state index in [1.165, 1.54) is 6.07 Å². The first kappa shape index (κ1) is 15.3. The molecule has 3 nitrogen and oxygen atoms in total. The van der Waals surface area contributed by atoms with Gasteiger partial charge in [-0.3, -0.25) is 4.90 Å². The number of hydrogen-bond donors (Lipinski definition) is 0. The van der Waals surface area contributed by atoms with Crippen molar-refractivity contribution < 1.29 is 13.9 Å². The lowest BCUT2D eigenvalue weighted by Gasteiger charge is -2.17. The van der Waals surface area contributed by atoms with Crippen molar-refractivity contribution in [3.8, 4) is 11.5 Å². The molecule has 0 bridgehead atoms. The Kier molecular flexibility index (Phi) is 5.58. The SMILES string of the molecule is COc1ccc(OCCN(C)Cc2ccccc2F)cc1. The van der Waals surface area contributed by atoms with Gasteiger partial charge in [0.05, 0.1) is 7.11 Å². The number of hydrogen-bond acceptors (Lipinski definition) is 3. The fourth-order valence-electron chi connectivity index (χ4n) is 1.99. The molecule has 0 amide bonds. The summed E-state index contributed by atoms with van der Waals surface area (Å²) in [4.78, 5) is 2.03. The molecule has 0 saturated heterocycles. The largest absolute Gasteiger partial charge is 0.497 e. The number of nitrogens with zero attached hydrogens (tertiary/aromatic N) is 1. The third-order valence-corrected chi connectivity index (χ3v) is 3.20. The molecule has 0 saturated carbocycles. The molecule has 0 atom stereocenters.